The largest absolute Gasteiger partial charge is 0.486 e. The summed E-state index contributed by atoms with van der Waals surface area (Å²) in [5.74, 6) is -0.137. The number of alkyl halides is 3. The summed E-state index contributed by atoms with van der Waals surface area (Å²) in [5.41, 5.74) is -2.05. The molecule has 0 saturated heterocycles. The zero-order valence-corrected chi connectivity index (χ0v) is 17.4. The average Bonchev–Trinajstić information content (AvgIpc) is 3.08. The number of aromatic nitrogens is 3. The molecule has 8 nitrogen and oxygen atoms in total. The second kappa shape index (κ2) is 8.40. The topological polar surface area (TPSA) is 106 Å². The number of nitrogens with one attached hydrogen (secondary N) is 1. The molecule has 0 saturated carbocycles. The summed E-state index contributed by atoms with van der Waals surface area (Å²) in [6.45, 7) is 4.48. The van der Waals surface area contributed by atoms with E-state index < -0.39 is 29.0 Å². The number of aromatic amines is 1. The summed E-state index contributed by atoms with van der Waals surface area (Å²) in [4.78, 5) is 25.8. The van der Waals surface area contributed by atoms with Gasteiger partial charge in [0.1, 0.15) is 18.1 Å². The van der Waals surface area contributed by atoms with Crippen LogP contribution in [0.4, 0.5) is 13.2 Å². The molecule has 0 fully saturated rings. The van der Waals surface area contributed by atoms with Gasteiger partial charge in [0.15, 0.2) is 11.4 Å². The molecule has 0 unspecified atom stereocenters. The first kappa shape index (κ1) is 22.9. The lowest BCUT2D eigenvalue weighted by Gasteiger charge is -2.23. The van der Waals surface area contributed by atoms with Crippen molar-refractivity contribution in [2.75, 3.05) is 0 Å². The molecule has 0 atom stereocenters. The highest BCUT2D eigenvalue weighted by atomic mass is 19.4. The van der Waals surface area contributed by atoms with Crippen molar-refractivity contribution in [3.8, 4) is 17.2 Å². The number of rotatable bonds is 7. The summed E-state index contributed by atoms with van der Waals surface area (Å²) in [6, 6.07) is 8.81. The maximum Gasteiger partial charge on any atom is 0.416 e. The SMILES string of the molecule is Cc1cc(OCc2nn(-c3ccc(C(F)(F)F)cc3)c(=O)[nH]2)ccc1OC(C)(C)C(=O)O. The van der Waals surface area contributed by atoms with Crippen LogP contribution in [0.15, 0.2) is 47.3 Å². The fourth-order valence-corrected chi connectivity index (χ4v) is 2.70. The van der Waals surface area contributed by atoms with Crippen LogP contribution in [0, 0.1) is 6.92 Å². The third-order valence-electron chi connectivity index (χ3n) is 4.51. The number of carboxylic acids is 1. The van der Waals surface area contributed by atoms with Crippen LogP contribution in [0.2, 0.25) is 0 Å². The number of halogens is 3. The highest BCUT2D eigenvalue weighted by molar-refractivity contribution is 5.76. The van der Waals surface area contributed by atoms with Gasteiger partial charge in [-0.2, -0.15) is 17.9 Å². The summed E-state index contributed by atoms with van der Waals surface area (Å²) in [6.07, 6.45) is -4.48. The summed E-state index contributed by atoms with van der Waals surface area (Å²) < 4.78 is 50.2. The standard InChI is InChI=1S/C21H20F3N3O5/c1-12-10-15(8-9-16(12)32-20(2,3)18(28)29)31-11-17-25-19(30)27(26-17)14-6-4-13(5-7-14)21(22,23)24/h4-10H,11H2,1-3H3,(H,28,29)(H,25,26,30). The zero-order valence-electron chi connectivity index (χ0n) is 17.4. The molecule has 0 bridgehead atoms. The molecule has 0 spiro atoms. The van der Waals surface area contributed by atoms with Gasteiger partial charge in [-0.3, -0.25) is 4.98 Å². The number of aliphatic carboxylic acids is 1. The number of carbonyl (C=O) groups is 1. The van der Waals surface area contributed by atoms with Gasteiger partial charge < -0.3 is 14.6 Å². The number of hydrogen-bond donors (Lipinski definition) is 2. The lowest BCUT2D eigenvalue weighted by atomic mass is 10.1. The van der Waals surface area contributed by atoms with E-state index in [0.29, 0.717) is 17.1 Å². The van der Waals surface area contributed by atoms with Crippen LogP contribution in [0.1, 0.15) is 30.8 Å². The Morgan fingerprint density at radius 2 is 1.81 bits per heavy atom. The fraction of sp³-hybridized carbons (Fsp3) is 0.286. The number of ether oxygens (including phenoxy) is 2. The lowest BCUT2D eigenvalue weighted by Crippen LogP contribution is -2.38. The number of nitrogens with zero attached hydrogens (tertiary/aromatic N) is 2. The lowest BCUT2D eigenvalue weighted by molar-refractivity contribution is -0.152. The van der Waals surface area contributed by atoms with Crippen molar-refractivity contribution in [3.63, 3.8) is 0 Å². The first-order chi connectivity index (χ1) is 14.9. The van der Waals surface area contributed by atoms with Crippen molar-refractivity contribution in [2.24, 2.45) is 0 Å². The van der Waals surface area contributed by atoms with Gasteiger partial charge in [-0.25, -0.2) is 9.59 Å². The van der Waals surface area contributed by atoms with Crippen molar-refractivity contribution >= 4 is 5.97 Å². The van der Waals surface area contributed by atoms with Crippen LogP contribution in [-0.2, 0) is 17.6 Å². The van der Waals surface area contributed by atoms with Crippen molar-refractivity contribution in [1.82, 2.24) is 14.8 Å². The zero-order chi connectivity index (χ0) is 23.7. The van der Waals surface area contributed by atoms with Gasteiger partial charge in [0.2, 0.25) is 0 Å². The van der Waals surface area contributed by atoms with E-state index >= 15 is 0 Å². The molecule has 0 amide bonds. The minimum atomic E-state index is -4.48. The highest BCUT2D eigenvalue weighted by Crippen LogP contribution is 2.29. The Labute approximate surface area is 180 Å². The van der Waals surface area contributed by atoms with E-state index in [-0.39, 0.29) is 18.1 Å². The smallest absolute Gasteiger partial charge is 0.416 e. The van der Waals surface area contributed by atoms with Crippen LogP contribution in [-0.4, -0.2) is 31.4 Å². The van der Waals surface area contributed by atoms with Crippen molar-refractivity contribution in [3.05, 3.63) is 69.9 Å². The monoisotopic (exact) mass is 451 g/mol. The van der Waals surface area contributed by atoms with Gasteiger partial charge in [-0.05, 0) is 68.8 Å². The molecule has 1 heterocycles. The van der Waals surface area contributed by atoms with Crippen LogP contribution >= 0.6 is 0 Å². The van der Waals surface area contributed by atoms with E-state index in [2.05, 4.69) is 10.1 Å². The van der Waals surface area contributed by atoms with Crippen molar-refractivity contribution < 1.29 is 32.5 Å². The van der Waals surface area contributed by atoms with Crippen LogP contribution in [0.5, 0.6) is 11.5 Å². The fourth-order valence-electron chi connectivity index (χ4n) is 2.70. The molecule has 0 aliphatic carbocycles. The van der Waals surface area contributed by atoms with Crippen LogP contribution < -0.4 is 15.2 Å². The Hall–Kier alpha value is -3.76. The third kappa shape index (κ3) is 5.10. The molecule has 32 heavy (non-hydrogen) atoms. The minimum Gasteiger partial charge on any atom is -0.486 e. The average molecular weight is 451 g/mol. The Balaban J connectivity index is 1.70. The molecule has 0 radical (unpaired) electrons. The molecule has 170 valence electrons. The minimum absolute atomic E-state index is 0.108. The van der Waals surface area contributed by atoms with E-state index in [0.717, 1.165) is 28.9 Å². The number of aryl methyl sites for hydroxylation is 1. The second-order valence-corrected chi connectivity index (χ2v) is 7.47. The summed E-state index contributed by atoms with van der Waals surface area (Å²) in [7, 11) is 0. The van der Waals surface area contributed by atoms with Gasteiger partial charge in [-0.15, -0.1) is 5.10 Å². The van der Waals surface area contributed by atoms with E-state index in [1.54, 1.807) is 25.1 Å². The van der Waals surface area contributed by atoms with E-state index in [1.807, 2.05) is 0 Å². The van der Waals surface area contributed by atoms with Crippen molar-refractivity contribution in [2.45, 2.75) is 39.2 Å². The predicted molar refractivity (Wildman–Crippen MR) is 107 cm³/mol. The summed E-state index contributed by atoms with van der Waals surface area (Å²) in [5, 5.41) is 13.2. The molecule has 2 aromatic carbocycles. The highest BCUT2D eigenvalue weighted by Gasteiger charge is 2.30. The first-order valence-electron chi connectivity index (χ1n) is 9.38. The molecule has 0 aliphatic heterocycles. The quantitative estimate of drug-likeness (QED) is 0.567. The Morgan fingerprint density at radius 3 is 2.38 bits per heavy atom. The molecule has 1 aromatic heterocycles. The molecule has 3 aromatic rings. The third-order valence-corrected chi connectivity index (χ3v) is 4.51. The Morgan fingerprint density at radius 1 is 1.16 bits per heavy atom. The number of H-pyrrole nitrogens is 1. The predicted octanol–water partition coefficient (Wildman–Crippen LogP) is 3.71. The van der Waals surface area contributed by atoms with E-state index in [9.17, 15) is 27.9 Å². The molecule has 0 aliphatic rings. The second-order valence-electron chi connectivity index (χ2n) is 7.47. The molecule has 2 N–H and O–H groups in total. The van der Waals surface area contributed by atoms with Gasteiger partial charge >= 0.3 is 17.8 Å². The molecular weight excluding hydrogens is 431 g/mol. The Kier molecular flexibility index (Phi) is 6.02. The number of hydrogen-bond acceptors (Lipinski definition) is 5. The maximum atomic E-state index is 12.7. The molecular formula is C21H20F3N3O5. The van der Waals surface area contributed by atoms with Gasteiger partial charge in [0.05, 0.1) is 11.3 Å². The summed E-state index contributed by atoms with van der Waals surface area (Å²) >= 11 is 0. The van der Waals surface area contributed by atoms with Crippen LogP contribution in [0.3, 0.4) is 0 Å². The number of benzene rings is 2. The van der Waals surface area contributed by atoms with Crippen LogP contribution in [0.25, 0.3) is 5.69 Å². The first-order valence-corrected chi connectivity index (χ1v) is 9.38. The number of carboxylic acid groups (broad SMARTS) is 1. The van der Waals surface area contributed by atoms with E-state index in [1.165, 1.54) is 13.8 Å². The normalized spacial score (nSPS) is 11.9. The van der Waals surface area contributed by atoms with Gasteiger partial charge in [0, 0.05) is 0 Å². The maximum absolute atomic E-state index is 12.7. The van der Waals surface area contributed by atoms with Crippen molar-refractivity contribution in [1.29, 1.82) is 0 Å². The van der Waals surface area contributed by atoms with Gasteiger partial charge in [0.25, 0.3) is 0 Å². The molecule has 11 heteroatoms. The molecule has 3 rings (SSSR count). The Bertz CT molecular complexity index is 1180. The van der Waals surface area contributed by atoms with Gasteiger partial charge in [-0.1, -0.05) is 0 Å². The van der Waals surface area contributed by atoms with E-state index in [4.69, 9.17) is 9.47 Å².